The summed E-state index contributed by atoms with van der Waals surface area (Å²) in [4.78, 5) is 0. The van der Waals surface area contributed by atoms with Crippen LogP contribution in [-0.2, 0) is 0 Å². The SMILES string of the molecule is CCC1CCC(NCC(O)c2ccccc2)CC1. The molecule has 1 aromatic rings. The molecule has 1 atom stereocenters. The monoisotopic (exact) mass is 247 g/mol. The Morgan fingerprint density at radius 3 is 2.44 bits per heavy atom. The zero-order chi connectivity index (χ0) is 12.8. The maximum atomic E-state index is 10.1. The molecule has 1 saturated carbocycles. The molecule has 1 aromatic carbocycles. The quantitative estimate of drug-likeness (QED) is 0.837. The predicted octanol–water partition coefficient (Wildman–Crippen LogP) is 3.28. The standard InChI is InChI=1S/C16H25NO/c1-2-13-8-10-15(11-9-13)17-12-16(18)14-6-4-3-5-7-14/h3-7,13,15-18H,2,8-12H2,1H3. The van der Waals surface area contributed by atoms with Gasteiger partial charge in [0.15, 0.2) is 0 Å². The fourth-order valence-corrected chi connectivity index (χ4v) is 2.85. The van der Waals surface area contributed by atoms with Gasteiger partial charge in [-0.25, -0.2) is 0 Å². The smallest absolute Gasteiger partial charge is 0.0914 e. The first kappa shape index (κ1) is 13.6. The fraction of sp³-hybridized carbons (Fsp3) is 0.625. The van der Waals surface area contributed by atoms with Crippen molar-refractivity contribution in [2.24, 2.45) is 5.92 Å². The van der Waals surface area contributed by atoms with E-state index >= 15 is 0 Å². The molecule has 1 aliphatic rings. The molecule has 1 fully saturated rings. The highest BCUT2D eigenvalue weighted by molar-refractivity contribution is 5.17. The zero-order valence-electron chi connectivity index (χ0n) is 11.3. The molecule has 18 heavy (non-hydrogen) atoms. The van der Waals surface area contributed by atoms with E-state index < -0.39 is 0 Å². The third-order valence-corrected chi connectivity index (χ3v) is 4.21. The van der Waals surface area contributed by atoms with Gasteiger partial charge in [0, 0.05) is 12.6 Å². The molecule has 1 aliphatic carbocycles. The first-order valence-electron chi connectivity index (χ1n) is 7.26. The molecule has 100 valence electrons. The maximum absolute atomic E-state index is 10.1. The molecule has 0 aliphatic heterocycles. The number of rotatable bonds is 5. The van der Waals surface area contributed by atoms with Crippen LogP contribution in [0.2, 0.25) is 0 Å². The van der Waals surface area contributed by atoms with Gasteiger partial charge in [-0.2, -0.15) is 0 Å². The lowest BCUT2D eigenvalue weighted by atomic mass is 9.84. The van der Waals surface area contributed by atoms with Crippen LogP contribution in [0.1, 0.15) is 50.7 Å². The van der Waals surface area contributed by atoms with Crippen LogP contribution in [0.4, 0.5) is 0 Å². The summed E-state index contributed by atoms with van der Waals surface area (Å²) in [7, 11) is 0. The van der Waals surface area contributed by atoms with Crippen molar-refractivity contribution < 1.29 is 5.11 Å². The van der Waals surface area contributed by atoms with E-state index in [0.717, 1.165) is 11.5 Å². The summed E-state index contributed by atoms with van der Waals surface area (Å²) in [5.74, 6) is 0.932. The molecule has 0 saturated heterocycles. The lowest BCUT2D eigenvalue weighted by Crippen LogP contribution is -2.35. The summed E-state index contributed by atoms with van der Waals surface area (Å²) in [6.07, 6.45) is 6.15. The highest BCUT2D eigenvalue weighted by Crippen LogP contribution is 2.26. The van der Waals surface area contributed by atoms with Gasteiger partial charge in [-0.3, -0.25) is 0 Å². The molecule has 2 heteroatoms. The Bertz CT molecular complexity index is 330. The normalized spacial score (nSPS) is 25.9. The van der Waals surface area contributed by atoms with E-state index in [1.54, 1.807) is 0 Å². The Morgan fingerprint density at radius 2 is 1.83 bits per heavy atom. The van der Waals surface area contributed by atoms with E-state index in [4.69, 9.17) is 0 Å². The van der Waals surface area contributed by atoms with Crippen molar-refractivity contribution in [3.63, 3.8) is 0 Å². The van der Waals surface area contributed by atoms with Gasteiger partial charge in [-0.15, -0.1) is 0 Å². The molecule has 2 nitrogen and oxygen atoms in total. The summed E-state index contributed by atoms with van der Waals surface area (Å²) < 4.78 is 0. The van der Waals surface area contributed by atoms with Gasteiger partial charge in [0.25, 0.3) is 0 Å². The van der Waals surface area contributed by atoms with Gasteiger partial charge in [0.1, 0.15) is 0 Å². The van der Waals surface area contributed by atoms with E-state index in [2.05, 4.69) is 12.2 Å². The van der Waals surface area contributed by atoms with E-state index in [9.17, 15) is 5.11 Å². The summed E-state index contributed by atoms with van der Waals surface area (Å²) in [5.41, 5.74) is 1.01. The molecule has 1 unspecified atom stereocenters. The Kier molecular flexibility index (Phi) is 5.21. The molecule has 0 spiro atoms. The Balaban J connectivity index is 1.72. The average Bonchev–Trinajstić information content (AvgIpc) is 2.46. The van der Waals surface area contributed by atoms with E-state index in [1.165, 1.54) is 32.1 Å². The third-order valence-electron chi connectivity index (χ3n) is 4.21. The third kappa shape index (κ3) is 3.82. The second kappa shape index (κ2) is 6.91. The number of nitrogens with one attached hydrogen (secondary N) is 1. The lowest BCUT2D eigenvalue weighted by Gasteiger charge is -2.29. The topological polar surface area (TPSA) is 32.3 Å². The summed E-state index contributed by atoms with van der Waals surface area (Å²) in [6.45, 7) is 2.96. The van der Waals surface area contributed by atoms with Crippen LogP contribution in [-0.4, -0.2) is 17.7 Å². The van der Waals surface area contributed by atoms with Crippen LogP contribution in [0.3, 0.4) is 0 Å². The molecule has 0 aromatic heterocycles. The number of hydrogen-bond donors (Lipinski definition) is 2. The second-order valence-electron chi connectivity index (χ2n) is 5.46. The van der Waals surface area contributed by atoms with Gasteiger partial charge >= 0.3 is 0 Å². The van der Waals surface area contributed by atoms with Gasteiger partial charge in [-0.1, -0.05) is 43.7 Å². The van der Waals surface area contributed by atoms with Crippen molar-refractivity contribution in [2.45, 2.75) is 51.2 Å². The molecule has 2 N–H and O–H groups in total. The van der Waals surface area contributed by atoms with Crippen molar-refractivity contribution in [1.82, 2.24) is 5.32 Å². The maximum Gasteiger partial charge on any atom is 0.0914 e. The minimum atomic E-state index is -0.380. The number of aliphatic hydroxyl groups is 1. The lowest BCUT2D eigenvalue weighted by molar-refractivity contribution is 0.162. The minimum Gasteiger partial charge on any atom is -0.387 e. The van der Waals surface area contributed by atoms with Crippen LogP contribution in [0.15, 0.2) is 30.3 Å². The number of hydrogen-bond acceptors (Lipinski definition) is 2. The summed E-state index contributed by atoms with van der Waals surface area (Å²) >= 11 is 0. The molecule has 0 heterocycles. The van der Waals surface area contributed by atoms with E-state index in [-0.39, 0.29) is 6.10 Å². The van der Waals surface area contributed by atoms with Crippen LogP contribution in [0, 0.1) is 5.92 Å². The van der Waals surface area contributed by atoms with Crippen molar-refractivity contribution in [3.05, 3.63) is 35.9 Å². The number of benzene rings is 1. The Hall–Kier alpha value is -0.860. The second-order valence-corrected chi connectivity index (χ2v) is 5.46. The van der Waals surface area contributed by atoms with Gasteiger partial charge < -0.3 is 10.4 Å². The molecule has 2 rings (SSSR count). The predicted molar refractivity (Wildman–Crippen MR) is 75.4 cm³/mol. The van der Waals surface area contributed by atoms with Crippen molar-refractivity contribution >= 4 is 0 Å². The molecule has 0 bridgehead atoms. The highest BCUT2D eigenvalue weighted by atomic mass is 16.3. The van der Waals surface area contributed by atoms with Crippen LogP contribution < -0.4 is 5.32 Å². The van der Waals surface area contributed by atoms with Gasteiger partial charge in [-0.05, 0) is 37.2 Å². The van der Waals surface area contributed by atoms with E-state index in [1.807, 2.05) is 30.3 Å². The van der Waals surface area contributed by atoms with Crippen LogP contribution >= 0.6 is 0 Å². The van der Waals surface area contributed by atoms with Crippen molar-refractivity contribution in [1.29, 1.82) is 0 Å². The van der Waals surface area contributed by atoms with Gasteiger partial charge in [0.2, 0.25) is 0 Å². The van der Waals surface area contributed by atoms with Gasteiger partial charge in [0.05, 0.1) is 6.10 Å². The summed E-state index contributed by atoms with van der Waals surface area (Å²) in [5, 5.41) is 13.6. The molecule has 0 amide bonds. The Morgan fingerprint density at radius 1 is 1.17 bits per heavy atom. The zero-order valence-corrected chi connectivity index (χ0v) is 11.3. The van der Waals surface area contributed by atoms with Crippen LogP contribution in [0.25, 0.3) is 0 Å². The minimum absolute atomic E-state index is 0.380. The van der Waals surface area contributed by atoms with Crippen molar-refractivity contribution in [2.75, 3.05) is 6.54 Å². The molecular weight excluding hydrogens is 222 g/mol. The molecule has 0 radical (unpaired) electrons. The first-order valence-corrected chi connectivity index (χ1v) is 7.26. The van der Waals surface area contributed by atoms with E-state index in [0.29, 0.717) is 12.6 Å². The summed E-state index contributed by atoms with van der Waals surface area (Å²) in [6, 6.07) is 10.5. The van der Waals surface area contributed by atoms with Crippen molar-refractivity contribution in [3.8, 4) is 0 Å². The molecular formula is C16H25NO. The fourth-order valence-electron chi connectivity index (χ4n) is 2.85. The largest absolute Gasteiger partial charge is 0.387 e. The average molecular weight is 247 g/mol. The number of aliphatic hydroxyl groups excluding tert-OH is 1. The highest BCUT2D eigenvalue weighted by Gasteiger charge is 2.20. The Labute approximate surface area is 110 Å². The first-order chi connectivity index (χ1) is 8.79. The van der Waals surface area contributed by atoms with Crippen LogP contribution in [0.5, 0.6) is 0 Å².